The maximum atomic E-state index is 12.1. The lowest BCUT2D eigenvalue weighted by Crippen LogP contribution is -2.39. The van der Waals surface area contributed by atoms with Gasteiger partial charge in [0.2, 0.25) is 5.91 Å². The van der Waals surface area contributed by atoms with Crippen LogP contribution in [0.3, 0.4) is 0 Å². The molecule has 0 bridgehead atoms. The van der Waals surface area contributed by atoms with Crippen LogP contribution in [0.1, 0.15) is 6.42 Å². The van der Waals surface area contributed by atoms with Crippen molar-refractivity contribution in [2.24, 2.45) is 0 Å². The van der Waals surface area contributed by atoms with Crippen molar-refractivity contribution in [2.45, 2.75) is 12.5 Å². The molecule has 1 atom stereocenters. The van der Waals surface area contributed by atoms with Crippen molar-refractivity contribution in [3.05, 3.63) is 58.6 Å². The summed E-state index contributed by atoms with van der Waals surface area (Å²) in [6.45, 7) is 0.430. The number of hydrogen-bond acceptors (Lipinski definition) is 2. The normalized spacial score (nSPS) is 17.0. The minimum Gasteiger partial charge on any atom is -0.333 e. The summed E-state index contributed by atoms with van der Waals surface area (Å²) in [4.78, 5) is 25.9. The van der Waals surface area contributed by atoms with E-state index in [0.29, 0.717) is 22.3 Å². The van der Waals surface area contributed by atoms with Gasteiger partial charge in [-0.05, 0) is 30.3 Å². The highest BCUT2D eigenvalue weighted by Gasteiger charge is 2.31. The fraction of sp³-hybridized carbons (Fsp3) is 0.176. The molecule has 1 aliphatic heterocycles. The highest BCUT2D eigenvalue weighted by molar-refractivity contribution is 6.35. The predicted octanol–water partition coefficient (Wildman–Crippen LogP) is 3.92. The number of carbonyl (C=O) groups is 2. The van der Waals surface area contributed by atoms with Crippen LogP contribution in [-0.2, 0) is 4.79 Å². The second-order valence-corrected chi connectivity index (χ2v) is 6.31. The zero-order valence-electron chi connectivity index (χ0n) is 12.6. The molecule has 1 heterocycles. The van der Waals surface area contributed by atoms with Gasteiger partial charge in [0.05, 0.1) is 16.8 Å². The molecule has 0 radical (unpaired) electrons. The molecule has 0 spiro atoms. The quantitative estimate of drug-likeness (QED) is 0.867. The number of urea groups is 1. The first-order valence-corrected chi connectivity index (χ1v) is 8.16. The van der Waals surface area contributed by atoms with Crippen LogP contribution in [0.5, 0.6) is 0 Å². The van der Waals surface area contributed by atoms with Gasteiger partial charge in [-0.2, -0.15) is 0 Å². The first-order valence-electron chi connectivity index (χ1n) is 7.41. The van der Waals surface area contributed by atoms with Crippen molar-refractivity contribution < 1.29 is 9.59 Å². The van der Waals surface area contributed by atoms with E-state index in [4.69, 9.17) is 23.2 Å². The Labute approximate surface area is 149 Å². The lowest BCUT2D eigenvalue weighted by atomic mass is 10.2. The molecule has 0 saturated carbocycles. The van der Waals surface area contributed by atoms with E-state index < -0.39 is 6.03 Å². The smallest absolute Gasteiger partial charge is 0.319 e. The topological polar surface area (TPSA) is 61.4 Å². The molecule has 2 aromatic carbocycles. The summed E-state index contributed by atoms with van der Waals surface area (Å²) < 4.78 is 0. The Hall–Kier alpha value is -2.24. The minimum atomic E-state index is -0.424. The van der Waals surface area contributed by atoms with Crippen molar-refractivity contribution in [2.75, 3.05) is 16.8 Å². The van der Waals surface area contributed by atoms with Crippen LogP contribution >= 0.6 is 23.2 Å². The molecule has 24 heavy (non-hydrogen) atoms. The van der Waals surface area contributed by atoms with Crippen LogP contribution in [-0.4, -0.2) is 24.5 Å². The maximum Gasteiger partial charge on any atom is 0.319 e. The van der Waals surface area contributed by atoms with Crippen LogP contribution < -0.4 is 15.5 Å². The third-order valence-electron chi connectivity index (χ3n) is 3.70. The molecule has 0 aromatic heterocycles. The van der Waals surface area contributed by atoms with Crippen molar-refractivity contribution in [3.63, 3.8) is 0 Å². The molecule has 5 nitrogen and oxygen atoms in total. The van der Waals surface area contributed by atoms with E-state index in [1.807, 2.05) is 30.3 Å². The van der Waals surface area contributed by atoms with E-state index in [1.165, 1.54) is 0 Å². The van der Waals surface area contributed by atoms with Gasteiger partial charge in [-0.3, -0.25) is 4.79 Å². The number of amides is 3. The molecule has 1 aliphatic rings. The summed E-state index contributed by atoms with van der Waals surface area (Å²) in [5, 5.41) is 6.31. The summed E-state index contributed by atoms with van der Waals surface area (Å²) in [5.74, 6) is -0.0210. The van der Waals surface area contributed by atoms with Crippen LogP contribution in [0, 0.1) is 0 Å². The Morgan fingerprint density at radius 1 is 1.12 bits per heavy atom. The van der Waals surface area contributed by atoms with Crippen LogP contribution in [0.15, 0.2) is 48.5 Å². The summed E-state index contributed by atoms with van der Waals surface area (Å²) in [6.07, 6.45) is 0.256. The number of rotatable bonds is 3. The van der Waals surface area contributed by atoms with E-state index in [2.05, 4.69) is 10.6 Å². The Balaban J connectivity index is 1.61. The number of nitrogens with zero attached hydrogens (tertiary/aromatic N) is 1. The number of halogens is 2. The molecular formula is C17H15Cl2N3O2. The van der Waals surface area contributed by atoms with Crippen molar-refractivity contribution in [1.29, 1.82) is 0 Å². The average molecular weight is 364 g/mol. The summed E-state index contributed by atoms with van der Waals surface area (Å²) in [7, 11) is 0. The van der Waals surface area contributed by atoms with Crippen LogP contribution in [0.2, 0.25) is 10.0 Å². The Morgan fingerprint density at radius 2 is 1.88 bits per heavy atom. The van der Waals surface area contributed by atoms with Gasteiger partial charge in [0.1, 0.15) is 0 Å². The number of hydrogen-bond donors (Lipinski definition) is 2. The molecule has 3 rings (SSSR count). The molecule has 2 aromatic rings. The molecule has 2 N–H and O–H groups in total. The van der Waals surface area contributed by atoms with Gasteiger partial charge >= 0.3 is 6.03 Å². The number of nitrogens with one attached hydrogen (secondary N) is 2. The predicted molar refractivity (Wildman–Crippen MR) is 95.8 cm³/mol. The largest absolute Gasteiger partial charge is 0.333 e. The SMILES string of the molecule is O=C(Nc1cc(Cl)ccc1Cl)N[C@H]1CC(=O)N(c2ccccc2)C1. The Bertz CT molecular complexity index is 768. The number of benzene rings is 2. The average Bonchev–Trinajstić information content (AvgIpc) is 2.92. The molecule has 0 unspecified atom stereocenters. The molecule has 0 aliphatic carbocycles. The standard InChI is InChI=1S/C17H15Cl2N3O2/c18-11-6-7-14(19)15(8-11)21-17(24)20-12-9-16(23)22(10-12)13-4-2-1-3-5-13/h1-8,12H,9-10H2,(H2,20,21,24)/t12-/m0/s1. The van der Waals surface area contributed by atoms with Gasteiger partial charge in [0.25, 0.3) is 0 Å². The maximum absolute atomic E-state index is 12.1. The summed E-state index contributed by atoms with van der Waals surface area (Å²) >= 11 is 11.9. The number of carbonyl (C=O) groups excluding carboxylic acids is 2. The number of anilines is 2. The lowest BCUT2D eigenvalue weighted by Gasteiger charge is -2.17. The van der Waals surface area contributed by atoms with E-state index in [-0.39, 0.29) is 18.4 Å². The zero-order valence-corrected chi connectivity index (χ0v) is 14.1. The van der Waals surface area contributed by atoms with E-state index in [9.17, 15) is 9.59 Å². The molecule has 124 valence electrons. The third kappa shape index (κ3) is 3.80. The lowest BCUT2D eigenvalue weighted by molar-refractivity contribution is -0.117. The second-order valence-electron chi connectivity index (χ2n) is 5.46. The first kappa shape index (κ1) is 16.6. The van der Waals surface area contributed by atoms with Gasteiger partial charge in [-0.15, -0.1) is 0 Å². The Kier molecular flexibility index (Phi) is 4.92. The van der Waals surface area contributed by atoms with E-state index in [1.54, 1.807) is 23.1 Å². The third-order valence-corrected chi connectivity index (χ3v) is 4.27. The van der Waals surface area contributed by atoms with Gasteiger partial charge in [0.15, 0.2) is 0 Å². The van der Waals surface area contributed by atoms with Crippen molar-refractivity contribution >= 4 is 46.5 Å². The van der Waals surface area contributed by atoms with Crippen LogP contribution in [0.4, 0.5) is 16.2 Å². The fourth-order valence-electron chi connectivity index (χ4n) is 2.60. The molecule has 7 heteroatoms. The van der Waals surface area contributed by atoms with Gasteiger partial charge in [-0.1, -0.05) is 41.4 Å². The highest BCUT2D eigenvalue weighted by Crippen LogP contribution is 2.25. The van der Waals surface area contributed by atoms with Crippen molar-refractivity contribution in [3.8, 4) is 0 Å². The summed E-state index contributed by atoms with van der Waals surface area (Å²) in [6, 6.07) is 13.5. The summed E-state index contributed by atoms with van der Waals surface area (Å²) in [5.41, 5.74) is 1.25. The molecule has 3 amide bonds. The highest BCUT2D eigenvalue weighted by atomic mass is 35.5. The van der Waals surface area contributed by atoms with Gasteiger partial charge in [-0.25, -0.2) is 4.79 Å². The second kappa shape index (κ2) is 7.11. The fourth-order valence-corrected chi connectivity index (χ4v) is 2.94. The van der Waals surface area contributed by atoms with Crippen LogP contribution in [0.25, 0.3) is 0 Å². The van der Waals surface area contributed by atoms with Gasteiger partial charge < -0.3 is 15.5 Å². The van der Waals surface area contributed by atoms with Gasteiger partial charge in [0, 0.05) is 23.7 Å². The number of para-hydroxylation sites is 1. The minimum absolute atomic E-state index is 0.0210. The first-order chi connectivity index (χ1) is 11.5. The Morgan fingerprint density at radius 3 is 2.62 bits per heavy atom. The van der Waals surface area contributed by atoms with E-state index >= 15 is 0 Å². The van der Waals surface area contributed by atoms with Crippen molar-refractivity contribution in [1.82, 2.24) is 5.32 Å². The molecule has 1 saturated heterocycles. The monoisotopic (exact) mass is 363 g/mol. The van der Waals surface area contributed by atoms with E-state index in [0.717, 1.165) is 5.69 Å². The zero-order chi connectivity index (χ0) is 17.1. The molecule has 1 fully saturated rings. The molecular weight excluding hydrogens is 349 g/mol.